The number of nitrogens with two attached hydrogens (primary N) is 1. The lowest BCUT2D eigenvalue weighted by molar-refractivity contribution is -0.113. The van der Waals surface area contributed by atoms with Crippen molar-refractivity contribution in [3.05, 3.63) is 65.7 Å². The van der Waals surface area contributed by atoms with Crippen molar-refractivity contribution in [2.24, 2.45) is 0 Å². The number of aryl methyl sites for hydroxylation is 2. The minimum atomic E-state index is -0.175. The molecule has 0 spiro atoms. The molecule has 0 saturated carbocycles. The van der Waals surface area contributed by atoms with Crippen LogP contribution >= 0.6 is 11.8 Å². The zero-order chi connectivity index (χ0) is 21.2. The van der Waals surface area contributed by atoms with Crippen LogP contribution in [0.15, 0.2) is 59.8 Å². The first kappa shape index (κ1) is 19.4. The topological polar surface area (TPSA) is 115 Å². The summed E-state index contributed by atoms with van der Waals surface area (Å²) in [4.78, 5) is 16.6. The fourth-order valence-electron chi connectivity index (χ4n) is 3.74. The summed E-state index contributed by atoms with van der Waals surface area (Å²) in [5, 5.41) is 14.7. The minimum Gasteiger partial charge on any atom is -0.368 e. The minimum absolute atomic E-state index is 0.158. The number of thioether (sulfide) groups is 1. The second kappa shape index (κ2) is 8.27. The smallest absolute Gasteiger partial charge is 0.236 e. The van der Waals surface area contributed by atoms with Crippen LogP contribution < -0.4 is 11.1 Å². The Morgan fingerprint density at radius 3 is 2.77 bits per heavy atom. The number of carbonyl (C=O) groups excluding carboxylic acids is 1. The molecule has 4 aromatic rings. The molecule has 1 aliphatic rings. The molecule has 1 aliphatic carbocycles. The van der Waals surface area contributed by atoms with E-state index in [9.17, 15) is 4.79 Å². The van der Waals surface area contributed by atoms with Crippen LogP contribution in [0.2, 0.25) is 0 Å². The largest absolute Gasteiger partial charge is 0.368 e. The highest BCUT2D eigenvalue weighted by Gasteiger charge is 2.17. The zero-order valence-corrected chi connectivity index (χ0v) is 17.5. The van der Waals surface area contributed by atoms with Crippen molar-refractivity contribution in [2.75, 3.05) is 16.8 Å². The molecule has 5 rings (SSSR count). The zero-order valence-electron chi connectivity index (χ0n) is 16.7. The predicted molar refractivity (Wildman–Crippen MR) is 121 cm³/mol. The van der Waals surface area contributed by atoms with E-state index >= 15 is 0 Å². The SMILES string of the molecule is Nc1nc(SCC(=O)Nc2cc(-c3ccc4c(c3)CCC4)nn2-c2ccccc2)n[nH]1. The standard InChI is InChI=1S/C22H21N7OS/c23-21-25-22(27-26-21)31-13-20(30)24-19-12-18(28-29(19)17-7-2-1-3-8-17)16-10-9-14-5-4-6-15(14)11-16/h1-3,7-12H,4-6,13H2,(H,24,30)(H3,23,25,26,27). The lowest BCUT2D eigenvalue weighted by atomic mass is 10.0. The number of nitrogens with zero attached hydrogens (tertiary/aromatic N) is 4. The van der Waals surface area contributed by atoms with Crippen molar-refractivity contribution < 1.29 is 4.79 Å². The molecule has 0 unspecified atom stereocenters. The third-order valence-corrected chi connectivity index (χ3v) is 6.03. The number of rotatable bonds is 6. The van der Waals surface area contributed by atoms with Gasteiger partial charge in [0.1, 0.15) is 5.82 Å². The fourth-order valence-corrected chi connectivity index (χ4v) is 4.35. The Morgan fingerprint density at radius 2 is 1.97 bits per heavy atom. The van der Waals surface area contributed by atoms with Crippen LogP contribution in [0.5, 0.6) is 0 Å². The molecule has 1 amide bonds. The molecule has 156 valence electrons. The number of aromatic amines is 1. The van der Waals surface area contributed by atoms with Gasteiger partial charge in [0.2, 0.25) is 17.0 Å². The molecule has 4 N–H and O–H groups in total. The van der Waals surface area contributed by atoms with Gasteiger partial charge in [0, 0.05) is 11.6 Å². The van der Waals surface area contributed by atoms with Crippen molar-refractivity contribution in [2.45, 2.75) is 24.4 Å². The van der Waals surface area contributed by atoms with E-state index in [1.807, 2.05) is 36.4 Å². The Bertz CT molecular complexity index is 1230. The lowest BCUT2D eigenvalue weighted by Crippen LogP contribution is -2.17. The number of nitrogen functional groups attached to an aromatic ring is 1. The number of nitrogens with one attached hydrogen (secondary N) is 2. The van der Waals surface area contributed by atoms with Gasteiger partial charge < -0.3 is 11.1 Å². The van der Waals surface area contributed by atoms with Crippen molar-refractivity contribution in [3.63, 3.8) is 0 Å². The molecular formula is C22H21N7OS. The fraction of sp³-hybridized carbons (Fsp3) is 0.182. The van der Waals surface area contributed by atoms with Gasteiger partial charge in [-0.2, -0.15) is 10.1 Å². The molecule has 8 nitrogen and oxygen atoms in total. The summed E-state index contributed by atoms with van der Waals surface area (Å²) in [6.07, 6.45) is 3.45. The second-order valence-electron chi connectivity index (χ2n) is 7.34. The van der Waals surface area contributed by atoms with E-state index in [-0.39, 0.29) is 17.6 Å². The van der Waals surface area contributed by atoms with E-state index in [0.717, 1.165) is 29.8 Å². The first-order valence-electron chi connectivity index (χ1n) is 10.0. The Balaban J connectivity index is 1.42. The van der Waals surface area contributed by atoms with E-state index in [4.69, 9.17) is 10.8 Å². The maximum atomic E-state index is 12.6. The molecule has 0 saturated heterocycles. The number of H-pyrrole nitrogens is 1. The molecule has 2 aromatic carbocycles. The van der Waals surface area contributed by atoms with Gasteiger partial charge in [0.05, 0.1) is 17.1 Å². The molecule has 0 atom stereocenters. The third kappa shape index (κ3) is 4.17. The van der Waals surface area contributed by atoms with Crippen LogP contribution in [0.4, 0.5) is 11.8 Å². The summed E-state index contributed by atoms with van der Waals surface area (Å²) in [6, 6.07) is 18.2. The Hall–Kier alpha value is -3.59. The summed E-state index contributed by atoms with van der Waals surface area (Å²) >= 11 is 1.21. The number of hydrogen-bond acceptors (Lipinski definition) is 6. The second-order valence-corrected chi connectivity index (χ2v) is 8.28. The van der Waals surface area contributed by atoms with Crippen LogP contribution in [0, 0.1) is 0 Å². The lowest BCUT2D eigenvalue weighted by Gasteiger charge is -2.08. The highest BCUT2D eigenvalue weighted by Crippen LogP contribution is 2.30. The Labute approximate surface area is 183 Å². The maximum Gasteiger partial charge on any atom is 0.236 e. The van der Waals surface area contributed by atoms with Crippen LogP contribution in [-0.4, -0.2) is 36.6 Å². The summed E-state index contributed by atoms with van der Waals surface area (Å²) < 4.78 is 1.76. The monoisotopic (exact) mass is 431 g/mol. The number of anilines is 2. The number of aromatic nitrogens is 5. The van der Waals surface area contributed by atoms with Gasteiger partial charge >= 0.3 is 0 Å². The molecular weight excluding hydrogens is 410 g/mol. The molecule has 31 heavy (non-hydrogen) atoms. The Kier molecular flexibility index (Phi) is 5.17. The van der Waals surface area contributed by atoms with Crippen LogP contribution in [0.25, 0.3) is 16.9 Å². The van der Waals surface area contributed by atoms with Crippen LogP contribution in [-0.2, 0) is 17.6 Å². The van der Waals surface area contributed by atoms with Crippen molar-refractivity contribution in [1.29, 1.82) is 0 Å². The van der Waals surface area contributed by atoms with Gasteiger partial charge in [0.25, 0.3) is 0 Å². The molecule has 0 bridgehead atoms. The molecule has 9 heteroatoms. The number of hydrogen-bond donors (Lipinski definition) is 3. The first-order chi connectivity index (χ1) is 15.2. The number of para-hydroxylation sites is 1. The van der Waals surface area contributed by atoms with Gasteiger partial charge in [0.15, 0.2) is 0 Å². The van der Waals surface area contributed by atoms with Crippen LogP contribution in [0.1, 0.15) is 17.5 Å². The number of benzene rings is 2. The van der Waals surface area contributed by atoms with Gasteiger partial charge in [-0.3, -0.25) is 4.79 Å². The van der Waals surface area contributed by atoms with Crippen molar-refractivity contribution >= 4 is 29.4 Å². The third-order valence-electron chi connectivity index (χ3n) is 5.19. The summed E-state index contributed by atoms with van der Waals surface area (Å²) in [5.74, 6) is 0.822. The van der Waals surface area contributed by atoms with E-state index in [0.29, 0.717) is 11.0 Å². The predicted octanol–water partition coefficient (Wildman–Crippen LogP) is 3.46. The number of fused-ring (bicyclic) bond motifs is 1. The number of amides is 1. The summed E-state index contributed by atoms with van der Waals surface area (Å²) in [5.41, 5.74) is 11.1. The number of carbonyl (C=O) groups is 1. The van der Waals surface area contributed by atoms with Crippen molar-refractivity contribution in [3.8, 4) is 16.9 Å². The molecule has 2 heterocycles. The first-order valence-corrected chi connectivity index (χ1v) is 11.0. The van der Waals surface area contributed by atoms with E-state index < -0.39 is 0 Å². The normalized spacial score (nSPS) is 12.6. The average Bonchev–Trinajstić information content (AvgIpc) is 3.52. The van der Waals surface area contributed by atoms with Crippen LogP contribution in [0.3, 0.4) is 0 Å². The van der Waals surface area contributed by atoms with Gasteiger partial charge in [-0.1, -0.05) is 42.1 Å². The molecule has 0 radical (unpaired) electrons. The van der Waals surface area contributed by atoms with E-state index in [2.05, 4.69) is 38.7 Å². The van der Waals surface area contributed by atoms with Gasteiger partial charge in [-0.05, 0) is 48.6 Å². The average molecular weight is 432 g/mol. The summed E-state index contributed by atoms with van der Waals surface area (Å²) in [6.45, 7) is 0. The van der Waals surface area contributed by atoms with Crippen molar-refractivity contribution in [1.82, 2.24) is 25.0 Å². The van der Waals surface area contributed by atoms with Gasteiger partial charge in [-0.25, -0.2) is 9.78 Å². The van der Waals surface area contributed by atoms with E-state index in [1.165, 1.54) is 29.3 Å². The molecule has 0 aliphatic heterocycles. The maximum absolute atomic E-state index is 12.6. The molecule has 0 fully saturated rings. The highest BCUT2D eigenvalue weighted by atomic mass is 32.2. The quantitative estimate of drug-likeness (QED) is 0.403. The Morgan fingerprint density at radius 1 is 1.13 bits per heavy atom. The highest BCUT2D eigenvalue weighted by molar-refractivity contribution is 7.99. The molecule has 2 aromatic heterocycles. The van der Waals surface area contributed by atoms with Gasteiger partial charge in [-0.15, -0.1) is 5.10 Å². The van der Waals surface area contributed by atoms with E-state index in [1.54, 1.807) is 4.68 Å². The summed E-state index contributed by atoms with van der Waals surface area (Å²) in [7, 11) is 0.